The van der Waals surface area contributed by atoms with Crippen LogP contribution in [0.3, 0.4) is 0 Å². The molecule has 0 radical (unpaired) electrons. The maximum absolute atomic E-state index is 11.9. The summed E-state index contributed by atoms with van der Waals surface area (Å²) < 4.78 is 23.8. The summed E-state index contributed by atoms with van der Waals surface area (Å²) in [4.78, 5) is 10.5. The van der Waals surface area contributed by atoms with Crippen molar-refractivity contribution in [2.45, 2.75) is 30.8 Å². The Bertz CT molecular complexity index is 504. The Balaban J connectivity index is 2.65. The molecule has 0 aliphatic carbocycles. The van der Waals surface area contributed by atoms with E-state index in [9.17, 15) is 18.3 Å². The minimum absolute atomic E-state index is 0.0808. The summed E-state index contributed by atoms with van der Waals surface area (Å²) in [6.45, 7) is 1.85. The zero-order chi connectivity index (χ0) is 13.8. The highest BCUT2D eigenvalue weighted by Crippen LogP contribution is 2.14. The highest BCUT2D eigenvalue weighted by Gasteiger charge is 2.18. The molecule has 0 aliphatic heterocycles. The maximum atomic E-state index is 11.9. The van der Waals surface area contributed by atoms with Crippen molar-refractivity contribution in [3.63, 3.8) is 0 Å². The Morgan fingerprint density at radius 2 is 1.83 bits per heavy atom. The van der Waals surface area contributed by atoms with E-state index in [2.05, 4.69) is 0 Å². The van der Waals surface area contributed by atoms with E-state index in [1.807, 2.05) is 6.92 Å². The normalized spacial score (nSPS) is 13.2. The molecule has 0 aliphatic rings. The fourth-order valence-corrected chi connectivity index (χ4v) is 2.83. The smallest absolute Gasteiger partial charge is 0.305 e. The van der Waals surface area contributed by atoms with Crippen LogP contribution in [0.4, 0.5) is 0 Å². The highest BCUT2D eigenvalue weighted by atomic mass is 32.2. The van der Waals surface area contributed by atoms with Gasteiger partial charge < -0.3 is 10.2 Å². The van der Waals surface area contributed by atoms with Crippen molar-refractivity contribution >= 4 is 15.8 Å². The molecule has 0 saturated heterocycles. The van der Waals surface area contributed by atoms with Crippen molar-refractivity contribution in [1.29, 1.82) is 0 Å². The third kappa shape index (κ3) is 4.46. The van der Waals surface area contributed by atoms with Gasteiger partial charge in [-0.2, -0.15) is 0 Å². The van der Waals surface area contributed by atoms with Gasteiger partial charge in [0.1, 0.15) is 0 Å². The van der Waals surface area contributed by atoms with Gasteiger partial charge in [-0.05, 0) is 25.5 Å². The number of hydrogen-bond donors (Lipinski definition) is 2. The van der Waals surface area contributed by atoms with Crippen LogP contribution < -0.4 is 0 Å². The Morgan fingerprint density at radius 1 is 1.28 bits per heavy atom. The lowest BCUT2D eigenvalue weighted by Gasteiger charge is -2.08. The summed E-state index contributed by atoms with van der Waals surface area (Å²) in [5.74, 6) is -1.40. The van der Waals surface area contributed by atoms with Gasteiger partial charge in [-0.15, -0.1) is 0 Å². The minimum atomic E-state index is -3.46. The van der Waals surface area contributed by atoms with Crippen LogP contribution in [0, 0.1) is 6.92 Å². The molecule has 2 N–H and O–H groups in total. The number of carboxylic acids is 1. The topological polar surface area (TPSA) is 91.7 Å². The zero-order valence-corrected chi connectivity index (χ0v) is 10.9. The quantitative estimate of drug-likeness (QED) is 0.806. The molecule has 0 aromatic heterocycles. The van der Waals surface area contributed by atoms with Crippen LogP contribution in [0.5, 0.6) is 0 Å². The molecule has 5 nitrogen and oxygen atoms in total. The molecule has 18 heavy (non-hydrogen) atoms. The molecule has 1 atom stereocenters. The van der Waals surface area contributed by atoms with Gasteiger partial charge in [0.15, 0.2) is 9.84 Å². The summed E-state index contributed by atoms with van der Waals surface area (Å²) in [5.41, 5.74) is 0.958. The van der Waals surface area contributed by atoms with Gasteiger partial charge in [-0.3, -0.25) is 4.79 Å². The monoisotopic (exact) mass is 272 g/mol. The van der Waals surface area contributed by atoms with Gasteiger partial charge in [0.25, 0.3) is 0 Å². The molecule has 1 rings (SSSR count). The van der Waals surface area contributed by atoms with Crippen molar-refractivity contribution < 1.29 is 23.4 Å². The number of hydrogen-bond acceptors (Lipinski definition) is 4. The van der Waals surface area contributed by atoms with Gasteiger partial charge in [-0.1, -0.05) is 17.7 Å². The van der Waals surface area contributed by atoms with E-state index in [1.54, 1.807) is 12.1 Å². The number of aliphatic hydroxyl groups excluding tert-OH is 1. The van der Waals surface area contributed by atoms with Crippen LogP contribution in [0.25, 0.3) is 0 Å². The molecule has 0 heterocycles. The van der Waals surface area contributed by atoms with Crippen LogP contribution in [0.2, 0.25) is 0 Å². The van der Waals surface area contributed by atoms with E-state index in [0.717, 1.165) is 5.56 Å². The van der Waals surface area contributed by atoms with Crippen LogP contribution in [0.15, 0.2) is 29.2 Å². The van der Waals surface area contributed by atoms with Crippen LogP contribution >= 0.6 is 0 Å². The Hall–Kier alpha value is -1.40. The SMILES string of the molecule is Cc1ccc(S(=O)(=O)CCC(O)CC(=O)O)cc1. The first-order valence-electron chi connectivity index (χ1n) is 5.50. The zero-order valence-electron chi connectivity index (χ0n) is 10.0. The van der Waals surface area contributed by atoms with E-state index >= 15 is 0 Å². The van der Waals surface area contributed by atoms with E-state index < -0.39 is 28.3 Å². The first-order valence-corrected chi connectivity index (χ1v) is 7.16. The van der Waals surface area contributed by atoms with Gasteiger partial charge in [0.05, 0.1) is 23.2 Å². The van der Waals surface area contributed by atoms with E-state index in [0.29, 0.717) is 0 Å². The molecular weight excluding hydrogens is 256 g/mol. The average Bonchev–Trinajstić information content (AvgIpc) is 2.26. The molecule has 6 heteroatoms. The first-order chi connectivity index (χ1) is 8.31. The molecule has 1 aromatic carbocycles. The molecule has 0 bridgehead atoms. The first kappa shape index (κ1) is 14.7. The van der Waals surface area contributed by atoms with Crippen molar-refractivity contribution in [2.75, 3.05) is 5.75 Å². The van der Waals surface area contributed by atoms with Crippen molar-refractivity contribution in [2.24, 2.45) is 0 Å². The fourth-order valence-electron chi connectivity index (χ4n) is 1.46. The molecule has 100 valence electrons. The molecule has 0 amide bonds. The second-order valence-corrected chi connectivity index (χ2v) is 6.28. The van der Waals surface area contributed by atoms with Crippen LogP contribution in [-0.4, -0.2) is 36.5 Å². The lowest BCUT2D eigenvalue weighted by Crippen LogP contribution is -2.18. The number of sulfone groups is 1. The second kappa shape index (κ2) is 5.97. The standard InChI is InChI=1S/C12H16O5S/c1-9-2-4-11(5-3-9)18(16,17)7-6-10(13)8-12(14)15/h2-5,10,13H,6-8H2,1H3,(H,14,15). The van der Waals surface area contributed by atoms with Crippen molar-refractivity contribution in [3.8, 4) is 0 Å². The number of benzene rings is 1. The minimum Gasteiger partial charge on any atom is -0.481 e. The Kier molecular flexibility index (Phi) is 4.86. The van der Waals surface area contributed by atoms with E-state index in [-0.39, 0.29) is 17.1 Å². The summed E-state index contributed by atoms with van der Waals surface area (Å²) >= 11 is 0. The number of aryl methyl sites for hydroxylation is 1. The molecule has 1 aromatic rings. The van der Waals surface area contributed by atoms with Gasteiger partial charge in [0.2, 0.25) is 0 Å². The highest BCUT2D eigenvalue weighted by molar-refractivity contribution is 7.91. The Labute approximate surface area is 106 Å². The van der Waals surface area contributed by atoms with Gasteiger partial charge in [-0.25, -0.2) is 8.42 Å². The number of aliphatic carboxylic acids is 1. The van der Waals surface area contributed by atoms with Crippen LogP contribution in [-0.2, 0) is 14.6 Å². The van der Waals surface area contributed by atoms with E-state index in [4.69, 9.17) is 5.11 Å². The summed E-state index contributed by atoms with van der Waals surface area (Å²) in [6, 6.07) is 6.41. The number of aliphatic hydroxyl groups is 1. The predicted octanol–water partition coefficient (Wildman–Crippen LogP) is 0.994. The van der Waals surface area contributed by atoms with Gasteiger partial charge in [0, 0.05) is 0 Å². The molecule has 1 unspecified atom stereocenters. The largest absolute Gasteiger partial charge is 0.481 e. The number of carboxylic acid groups (broad SMARTS) is 1. The summed E-state index contributed by atoms with van der Waals surface area (Å²) in [7, 11) is -3.46. The van der Waals surface area contributed by atoms with Crippen LogP contribution in [0.1, 0.15) is 18.4 Å². The molecule has 0 fully saturated rings. The van der Waals surface area contributed by atoms with Crippen molar-refractivity contribution in [3.05, 3.63) is 29.8 Å². The fraction of sp³-hybridized carbons (Fsp3) is 0.417. The lowest BCUT2D eigenvalue weighted by molar-refractivity contribution is -0.139. The summed E-state index contributed by atoms with van der Waals surface area (Å²) in [5, 5.41) is 17.8. The molecule has 0 saturated carbocycles. The third-order valence-corrected chi connectivity index (χ3v) is 4.27. The van der Waals surface area contributed by atoms with Gasteiger partial charge >= 0.3 is 5.97 Å². The molecular formula is C12H16O5S. The number of carbonyl (C=O) groups is 1. The third-order valence-electron chi connectivity index (χ3n) is 2.51. The predicted molar refractivity (Wildman–Crippen MR) is 66.1 cm³/mol. The summed E-state index contributed by atoms with van der Waals surface area (Å²) in [6.07, 6.45) is -1.66. The molecule has 0 spiro atoms. The second-order valence-electron chi connectivity index (χ2n) is 4.17. The Morgan fingerprint density at radius 3 is 2.33 bits per heavy atom. The lowest BCUT2D eigenvalue weighted by atomic mass is 10.2. The average molecular weight is 272 g/mol. The maximum Gasteiger partial charge on any atom is 0.305 e. The van der Waals surface area contributed by atoms with E-state index in [1.165, 1.54) is 12.1 Å². The number of rotatable bonds is 6. The van der Waals surface area contributed by atoms with Crippen molar-refractivity contribution in [1.82, 2.24) is 0 Å².